The molecule has 0 saturated heterocycles. The number of ether oxygens (including phenoxy) is 2. The first-order chi connectivity index (χ1) is 11.3. The molecule has 126 valence electrons. The Labute approximate surface area is 141 Å². The number of hydrogen-bond acceptors (Lipinski definition) is 5. The molecule has 0 unspecified atom stereocenters. The first-order valence-electron chi connectivity index (χ1n) is 7.56. The van der Waals surface area contributed by atoms with Gasteiger partial charge in [0.05, 0.1) is 31.1 Å². The van der Waals surface area contributed by atoms with Crippen LogP contribution in [0.2, 0.25) is 0 Å². The summed E-state index contributed by atoms with van der Waals surface area (Å²) in [5, 5.41) is 0. The van der Waals surface area contributed by atoms with Crippen molar-refractivity contribution in [1.82, 2.24) is 0 Å². The molecule has 2 rings (SSSR count). The summed E-state index contributed by atoms with van der Waals surface area (Å²) in [4.78, 5) is 29.3. The Morgan fingerprint density at radius 3 is 2.08 bits per heavy atom. The smallest absolute Gasteiger partial charge is 0.340 e. The molecule has 0 saturated carbocycles. The van der Waals surface area contributed by atoms with Crippen molar-refractivity contribution in [2.24, 2.45) is 10.4 Å². The molecule has 5 heteroatoms. The molecule has 1 aromatic rings. The summed E-state index contributed by atoms with van der Waals surface area (Å²) in [7, 11) is 2.56. The Morgan fingerprint density at radius 1 is 0.958 bits per heavy atom. The molecule has 24 heavy (non-hydrogen) atoms. The lowest BCUT2D eigenvalue weighted by Gasteiger charge is -2.24. The van der Waals surface area contributed by atoms with Crippen LogP contribution in [0.3, 0.4) is 0 Å². The first kappa shape index (κ1) is 17.7. The van der Waals surface area contributed by atoms with E-state index in [0.29, 0.717) is 5.70 Å². The molecule has 0 N–H and O–H groups in total. The molecule has 0 atom stereocenters. The molecule has 1 aromatic carbocycles. The van der Waals surface area contributed by atoms with Gasteiger partial charge in [-0.1, -0.05) is 45.0 Å². The average Bonchev–Trinajstić information content (AvgIpc) is 2.53. The van der Waals surface area contributed by atoms with E-state index in [9.17, 15) is 9.59 Å². The Bertz CT molecular complexity index is 764. The number of carbonyl (C=O) groups excluding carboxylic acids is 2. The van der Waals surface area contributed by atoms with Gasteiger partial charge < -0.3 is 9.47 Å². The number of esters is 2. The highest BCUT2D eigenvalue weighted by molar-refractivity contribution is 6.11. The van der Waals surface area contributed by atoms with Crippen LogP contribution in [0.4, 0.5) is 0 Å². The highest BCUT2D eigenvalue weighted by Crippen LogP contribution is 2.35. The van der Waals surface area contributed by atoms with Crippen molar-refractivity contribution in [3.05, 3.63) is 52.2 Å². The maximum Gasteiger partial charge on any atom is 0.340 e. The van der Waals surface area contributed by atoms with Crippen LogP contribution in [-0.2, 0) is 19.1 Å². The van der Waals surface area contributed by atoms with E-state index < -0.39 is 17.4 Å². The van der Waals surface area contributed by atoms with Crippen molar-refractivity contribution < 1.29 is 19.1 Å². The first-order valence-corrected chi connectivity index (χ1v) is 7.56. The number of fused-ring (bicyclic) bond motifs is 1. The summed E-state index contributed by atoms with van der Waals surface area (Å²) in [5.41, 5.74) is 1.89. The number of rotatable bonds is 2. The molecule has 0 bridgehead atoms. The minimum absolute atomic E-state index is 0.127. The lowest BCUT2D eigenvalue weighted by Crippen LogP contribution is -2.22. The van der Waals surface area contributed by atoms with Gasteiger partial charge in [0.1, 0.15) is 0 Å². The fourth-order valence-corrected chi connectivity index (χ4v) is 2.46. The quantitative estimate of drug-likeness (QED) is 0.783. The van der Waals surface area contributed by atoms with E-state index >= 15 is 0 Å². The van der Waals surface area contributed by atoms with Crippen molar-refractivity contribution >= 4 is 24.2 Å². The van der Waals surface area contributed by atoms with Crippen LogP contribution in [0, 0.1) is 5.41 Å². The molecule has 0 fully saturated rings. The Morgan fingerprint density at radius 2 is 1.54 bits per heavy atom. The summed E-state index contributed by atoms with van der Waals surface area (Å²) >= 11 is 0. The number of methoxy groups -OCH3 is 2. The Kier molecular flexibility index (Phi) is 5.02. The van der Waals surface area contributed by atoms with Gasteiger partial charge in [-0.3, -0.25) is 4.99 Å². The number of benzene rings is 1. The monoisotopic (exact) mass is 327 g/mol. The van der Waals surface area contributed by atoms with Crippen LogP contribution >= 0.6 is 0 Å². The highest BCUT2D eigenvalue weighted by atomic mass is 16.5. The molecule has 1 heterocycles. The van der Waals surface area contributed by atoms with Crippen LogP contribution in [0.25, 0.3) is 6.08 Å². The molecule has 0 aromatic heterocycles. The summed E-state index contributed by atoms with van der Waals surface area (Å²) in [6, 6.07) is 7.49. The molecule has 0 aliphatic carbocycles. The minimum Gasteiger partial charge on any atom is -0.465 e. The number of hydrogen-bond donors (Lipinski definition) is 0. The third-order valence-corrected chi connectivity index (χ3v) is 3.64. The zero-order valence-corrected chi connectivity index (χ0v) is 14.5. The SMILES string of the molecule is COC(=O)C1=C/c2ccccc2C=N/C(C(C)(C)C)=C\1C(=O)OC. The van der Waals surface area contributed by atoms with Gasteiger partial charge in [-0.05, 0) is 17.2 Å². The predicted octanol–water partition coefficient (Wildman–Crippen LogP) is 3.15. The minimum atomic E-state index is -0.617. The van der Waals surface area contributed by atoms with Crippen LogP contribution in [0.5, 0.6) is 0 Å². The average molecular weight is 327 g/mol. The zero-order valence-electron chi connectivity index (χ0n) is 14.5. The van der Waals surface area contributed by atoms with Crippen molar-refractivity contribution in [1.29, 1.82) is 0 Å². The second-order valence-electron chi connectivity index (χ2n) is 6.40. The van der Waals surface area contributed by atoms with Gasteiger partial charge in [-0.15, -0.1) is 0 Å². The van der Waals surface area contributed by atoms with Gasteiger partial charge in [-0.2, -0.15) is 0 Å². The van der Waals surface area contributed by atoms with E-state index in [1.807, 2.05) is 45.0 Å². The standard InChI is InChI=1S/C19H21NO4/c1-19(2,3)16-15(18(22)24-5)14(17(21)23-4)10-12-8-6-7-9-13(12)11-20-16/h6-11H,1-5H3/b12-10?,13-11?,14-10+,15-14?,16-15+,20-11?,20-16?. The van der Waals surface area contributed by atoms with E-state index in [4.69, 9.17) is 9.47 Å². The van der Waals surface area contributed by atoms with Crippen molar-refractivity contribution in [2.75, 3.05) is 14.2 Å². The topological polar surface area (TPSA) is 65.0 Å². The number of carbonyl (C=O) groups is 2. The molecule has 1 aliphatic rings. The van der Waals surface area contributed by atoms with Crippen molar-refractivity contribution in [2.45, 2.75) is 20.8 Å². The van der Waals surface area contributed by atoms with E-state index in [1.54, 1.807) is 12.3 Å². The van der Waals surface area contributed by atoms with Gasteiger partial charge in [0.15, 0.2) is 0 Å². The summed E-state index contributed by atoms with van der Waals surface area (Å²) < 4.78 is 9.79. The fourth-order valence-electron chi connectivity index (χ4n) is 2.46. The lowest BCUT2D eigenvalue weighted by molar-refractivity contribution is -0.139. The third-order valence-electron chi connectivity index (χ3n) is 3.64. The lowest BCUT2D eigenvalue weighted by atomic mass is 9.85. The van der Waals surface area contributed by atoms with Crippen molar-refractivity contribution in [3.63, 3.8) is 0 Å². The molecule has 0 amide bonds. The molecular weight excluding hydrogens is 306 g/mol. The largest absolute Gasteiger partial charge is 0.465 e. The van der Waals surface area contributed by atoms with Gasteiger partial charge in [-0.25, -0.2) is 9.59 Å². The van der Waals surface area contributed by atoms with E-state index in [2.05, 4.69) is 4.99 Å². The van der Waals surface area contributed by atoms with Gasteiger partial charge in [0, 0.05) is 11.6 Å². The summed E-state index contributed by atoms with van der Waals surface area (Å²) in [6.45, 7) is 5.76. The normalized spacial score (nSPS) is 19.5. The van der Waals surface area contributed by atoms with Crippen LogP contribution < -0.4 is 0 Å². The number of aliphatic imine (C=N–C) groups is 1. The fraction of sp³-hybridized carbons (Fsp3) is 0.316. The Hall–Kier alpha value is -2.69. The van der Waals surface area contributed by atoms with Gasteiger partial charge in [0.25, 0.3) is 0 Å². The van der Waals surface area contributed by atoms with Crippen molar-refractivity contribution in [3.8, 4) is 0 Å². The molecular formula is C19H21NO4. The third kappa shape index (κ3) is 3.45. The van der Waals surface area contributed by atoms with Gasteiger partial charge >= 0.3 is 11.9 Å². The van der Waals surface area contributed by atoms with Crippen LogP contribution in [0.1, 0.15) is 31.9 Å². The van der Waals surface area contributed by atoms with E-state index in [1.165, 1.54) is 14.2 Å². The number of nitrogens with zero attached hydrogens (tertiary/aromatic N) is 1. The molecule has 1 aliphatic heterocycles. The Balaban J connectivity index is 2.86. The molecule has 0 spiro atoms. The molecule has 0 radical (unpaired) electrons. The second-order valence-corrected chi connectivity index (χ2v) is 6.40. The molecule has 5 nitrogen and oxygen atoms in total. The van der Waals surface area contributed by atoms with E-state index in [0.717, 1.165) is 11.1 Å². The summed E-state index contributed by atoms with van der Waals surface area (Å²) in [6.07, 6.45) is 3.34. The van der Waals surface area contributed by atoms with Gasteiger partial charge in [0.2, 0.25) is 0 Å². The predicted molar refractivity (Wildman–Crippen MR) is 92.5 cm³/mol. The maximum absolute atomic E-state index is 12.4. The second kappa shape index (κ2) is 6.83. The highest BCUT2D eigenvalue weighted by Gasteiger charge is 2.32. The van der Waals surface area contributed by atoms with Crippen LogP contribution in [0.15, 0.2) is 46.1 Å². The van der Waals surface area contributed by atoms with E-state index in [-0.39, 0.29) is 11.1 Å². The summed E-state index contributed by atoms with van der Waals surface area (Å²) in [5.74, 6) is -1.22. The maximum atomic E-state index is 12.4. The zero-order chi connectivity index (χ0) is 17.9. The van der Waals surface area contributed by atoms with Crippen LogP contribution in [-0.4, -0.2) is 32.4 Å². The number of allylic oxidation sites excluding steroid dienone is 1.